The van der Waals surface area contributed by atoms with Gasteiger partial charge in [0.15, 0.2) is 6.10 Å². The van der Waals surface area contributed by atoms with E-state index in [4.69, 9.17) is 14.2 Å². The van der Waals surface area contributed by atoms with Crippen LogP contribution in [0.2, 0.25) is 0 Å². The average molecular weight is 460 g/mol. The predicted molar refractivity (Wildman–Crippen MR) is 123 cm³/mol. The third kappa shape index (κ3) is 5.48. The topological polar surface area (TPSA) is 90.9 Å². The maximum Gasteiger partial charge on any atom is 0.347 e. The fourth-order valence-electron chi connectivity index (χ4n) is 3.63. The molecule has 0 saturated carbocycles. The smallest absolute Gasteiger partial charge is 0.347 e. The van der Waals surface area contributed by atoms with Crippen LogP contribution in [0.15, 0.2) is 24.3 Å². The molecule has 1 N–H and O–H groups in total. The molecule has 0 unspecified atom stereocenters. The second-order valence-electron chi connectivity index (χ2n) is 7.77. The van der Waals surface area contributed by atoms with Gasteiger partial charge in [-0.15, -0.1) is 11.3 Å². The second-order valence-corrected chi connectivity index (χ2v) is 8.87. The van der Waals surface area contributed by atoms with E-state index in [0.29, 0.717) is 27.8 Å². The minimum Gasteiger partial charge on any atom is -0.479 e. The molecule has 0 saturated heterocycles. The summed E-state index contributed by atoms with van der Waals surface area (Å²) < 4.78 is 15.7. The van der Waals surface area contributed by atoms with Gasteiger partial charge in [0.1, 0.15) is 10.8 Å². The Hall–Kier alpha value is -2.87. The van der Waals surface area contributed by atoms with Crippen LogP contribution in [0.4, 0.5) is 5.00 Å². The van der Waals surface area contributed by atoms with Gasteiger partial charge in [-0.1, -0.05) is 6.92 Å². The van der Waals surface area contributed by atoms with E-state index in [1.54, 1.807) is 45.0 Å². The van der Waals surface area contributed by atoms with E-state index in [2.05, 4.69) is 12.2 Å². The number of rotatable bonds is 8. The fourth-order valence-corrected chi connectivity index (χ4v) is 5.02. The molecule has 172 valence electrons. The molecular weight excluding hydrogens is 430 g/mol. The summed E-state index contributed by atoms with van der Waals surface area (Å²) in [6.45, 7) is 7.86. The van der Waals surface area contributed by atoms with Crippen LogP contribution >= 0.6 is 11.3 Å². The van der Waals surface area contributed by atoms with Crippen molar-refractivity contribution in [3.8, 4) is 5.75 Å². The number of nitrogens with one attached hydrogen (secondary N) is 1. The molecule has 1 aliphatic carbocycles. The van der Waals surface area contributed by atoms with E-state index in [9.17, 15) is 14.4 Å². The van der Waals surface area contributed by atoms with Crippen molar-refractivity contribution in [2.24, 2.45) is 5.92 Å². The number of esters is 2. The number of hydrogen-bond acceptors (Lipinski definition) is 7. The lowest BCUT2D eigenvalue weighted by atomic mass is 9.88. The van der Waals surface area contributed by atoms with E-state index in [1.807, 2.05) is 0 Å². The summed E-state index contributed by atoms with van der Waals surface area (Å²) in [6.07, 6.45) is 1.96. The summed E-state index contributed by atoms with van der Waals surface area (Å²) >= 11 is 1.45. The number of carbonyl (C=O) groups excluding carboxylic acids is 3. The van der Waals surface area contributed by atoms with Gasteiger partial charge in [0.05, 0.1) is 18.8 Å². The van der Waals surface area contributed by atoms with Gasteiger partial charge >= 0.3 is 11.9 Å². The minimum absolute atomic E-state index is 0.277. The molecule has 3 rings (SSSR count). The SMILES string of the molecule is CCOC(=O)c1c(NC(=O)c2ccc(O[C@H](C)C(=O)OCC)cc2)sc2c1CC[C@@H](C)C2. The number of anilines is 1. The number of thiophene rings is 1. The number of benzene rings is 1. The Morgan fingerprint density at radius 2 is 1.81 bits per heavy atom. The molecule has 1 aromatic carbocycles. The highest BCUT2D eigenvalue weighted by atomic mass is 32.1. The molecule has 0 spiro atoms. The van der Waals surface area contributed by atoms with E-state index in [1.165, 1.54) is 11.3 Å². The normalized spacial score (nSPS) is 15.9. The van der Waals surface area contributed by atoms with Crippen LogP contribution in [0.3, 0.4) is 0 Å². The van der Waals surface area contributed by atoms with Gasteiger partial charge in [-0.3, -0.25) is 4.79 Å². The number of fused-ring (bicyclic) bond motifs is 1. The molecule has 1 aromatic heterocycles. The molecular formula is C24H29NO6S. The van der Waals surface area contributed by atoms with Gasteiger partial charge in [0.2, 0.25) is 0 Å². The molecule has 1 aliphatic rings. The lowest BCUT2D eigenvalue weighted by Crippen LogP contribution is -2.26. The molecule has 0 aliphatic heterocycles. The van der Waals surface area contributed by atoms with Crippen LogP contribution in [-0.4, -0.2) is 37.2 Å². The van der Waals surface area contributed by atoms with Gasteiger partial charge in [-0.2, -0.15) is 0 Å². The number of ether oxygens (including phenoxy) is 3. The number of hydrogen-bond donors (Lipinski definition) is 1. The van der Waals surface area contributed by atoms with Crippen LogP contribution in [-0.2, 0) is 27.1 Å². The second kappa shape index (κ2) is 10.6. The zero-order chi connectivity index (χ0) is 23.3. The van der Waals surface area contributed by atoms with Gasteiger partial charge < -0.3 is 19.5 Å². The molecule has 32 heavy (non-hydrogen) atoms. The Morgan fingerprint density at radius 3 is 2.47 bits per heavy atom. The largest absolute Gasteiger partial charge is 0.479 e. The number of amides is 1. The standard InChI is InChI=1S/C24H29NO6S/c1-5-29-23(27)15(4)31-17-10-8-16(9-11-17)21(26)25-22-20(24(28)30-6-2)18-12-7-14(3)13-19(18)32-22/h8-11,14-15H,5-7,12-13H2,1-4H3,(H,25,26)/t14-,15-/m1/s1. The molecule has 2 aromatic rings. The summed E-state index contributed by atoms with van der Waals surface area (Å²) in [5, 5.41) is 3.43. The van der Waals surface area contributed by atoms with Crippen molar-refractivity contribution in [2.45, 2.75) is 53.1 Å². The average Bonchev–Trinajstić information content (AvgIpc) is 3.11. The highest BCUT2D eigenvalue weighted by Gasteiger charge is 2.29. The van der Waals surface area contributed by atoms with Crippen molar-refractivity contribution in [2.75, 3.05) is 18.5 Å². The van der Waals surface area contributed by atoms with E-state index >= 15 is 0 Å². The summed E-state index contributed by atoms with van der Waals surface area (Å²) in [7, 11) is 0. The lowest BCUT2D eigenvalue weighted by Gasteiger charge is -2.18. The first-order chi connectivity index (χ1) is 15.3. The predicted octanol–water partition coefficient (Wildman–Crippen LogP) is 4.63. The molecule has 1 amide bonds. The van der Waals surface area contributed by atoms with Crippen LogP contribution in [0.1, 0.15) is 65.3 Å². The molecule has 0 fully saturated rings. The summed E-state index contributed by atoms with van der Waals surface area (Å²) in [5.41, 5.74) is 1.89. The molecule has 8 heteroatoms. The summed E-state index contributed by atoms with van der Waals surface area (Å²) in [5.74, 6) is -0.172. The lowest BCUT2D eigenvalue weighted by molar-refractivity contribution is -0.150. The summed E-state index contributed by atoms with van der Waals surface area (Å²) in [6, 6.07) is 6.47. The highest BCUT2D eigenvalue weighted by molar-refractivity contribution is 7.17. The maximum absolute atomic E-state index is 12.9. The Morgan fingerprint density at radius 1 is 1.12 bits per heavy atom. The number of carbonyl (C=O) groups is 3. The van der Waals surface area contributed by atoms with Crippen molar-refractivity contribution in [1.82, 2.24) is 0 Å². The van der Waals surface area contributed by atoms with E-state index in [0.717, 1.165) is 29.7 Å². The Labute approximate surface area is 192 Å². The van der Waals surface area contributed by atoms with Gasteiger partial charge in [-0.05, 0) is 75.8 Å². The van der Waals surface area contributed by atoms with Crippen LogP contribution < -0.4 is 10.1 Å². The van der Waals surface area contributed by atoms with Crippen LogP contribution in [0, 0.1) is 5.92 Å². The van der Waals surface area contributed by atoms with Crippen molar-refractivity contribution in [3.05, 3.63) is 45.8 Å². The van der Waals surface area contributed by atoms with E-state index < -0.39 is 18.0 Å². The van der Waals surface area contributed by atoms with Gasteiger partial charge in [0, 0.05) is 10.4 Å². The van der Waals surface area contributed by atoms with Gasteiger partial charge in [0.25, 0.3) is 5.91 Å². The van der Waals surface area contributed by atoms with Crippen LogP contribution in [0.25, 0.3) is 0 Å². The van der Waals surface area contributed by atoms with Crippen molar-refractivity contribution >= 4 is 34.2 Å². The molecule has 0 radical (unpaired) electrons. The molecule has 1 heterocycles. The molecule has 7 nitrogen and oxygen atoms in total. The fraction of sp³-hybridized carbons (Fsp3) is 0.458. The Bertz CT molecular complexity index is 981. The highest BCUT2D eigenvalue weighted by Crippen LogP contribution is 2.40. The minimum atomic E-state index is -0.749. The van der Waals surface area contributed by atoms with Crippen molar-refractivity contribution in [1.29, 1.82) is 0 Å². The zero-order valence-corrected chi connectivity index (χ0v) is 19.7. The first-order valence-corrected chi connectivity index (χ1v) is 11.7. The Kier molecular flexibility index (Phi) is 7.90. The molecule has 0 bridgehead atoms. The van der Waals surface area contributed by atoms with Crippen molar-refractivity contribution in [3.63, 3.8) is 0 Å². The monoisotopic (exact) mass is 459 g/mol. The van der Waals surface area contributed by atoms with Gasteiger partial charge in [-0.25, -0.2) is 9.59 Å². The molecule has 2 atom stereocenters. The summed E-state index contributed by atoms with van der Waals surface area (Å²) in [4.78, 5) is 38.4. The third-order valence-electron chi connectivity index (χ3n) is 5.27. The van der Waals surface area contributed by atoms with E-state index in [-0.39, 0.29) is 19.1 Å². The quantitative estimate of drug-likeness (QED) is 0.579. The van der Waals surface area contributed by atoms with Crippen molar-refractivity contribution < 1.29 is 28.6 Å². The first kappa shape index (κ1) is 23.8. The first-order valence-electron chi connectivity index (χ1n) is 10.9. The zero-order valence-electron chi connectivity index (χ0n) is 18.9. The third-order valence-corrected chi connectivity index (χ3v) is 6.44. The maximum atomic E-state index is 12.9. The Balaban J connectivity index is 1.75. The van der Waals surface area contributed by atoms with Crippen LogP contribution in [0.5, 0.6) is 5.75 Å².